The summed E-state index contributed by atoms with van der Waals surface area (Å²) in [5, 5.41) is 3.89. The summed E-state index contributed by atoms with van der Waals surface area (Å²) in [4.78, 5) is 2.44. The van der Waals surface area contributed by atoms with Crippen LogP contribution in [0.3, 0.4) is 0 Å². The highest BCUT2D eigenvalue weighted by Gasteiger charge is 2.31. The Hall–Kier alpha value is -0.0800. The molecule has 1 heterocycles. The van der Waals surface area contributed by atoms with Crippen LogP contribution in [0.1, 0.15) is 39.5 Å². The molecule has 1 aliphatic carbocycles. The third-order valence-corrected chi connectivity index (χ3v) is 4.63. The molecule has 0 aromatic heterocycles. The van der Waals surface area contributed by atoms with Gasteiger partial charge in [0, 0.05) is 12.1 Å². The van der Waals surface area contributed by atoms with Crippen molar-refractivity contribution in [1.29, 1.82) is 0 Å². The summed E-state index contributed by atoms with van der Waals surface area (Å²) in [5.74, 6) is 1.80. The second kappa shape index (κ2) is 4.84. The van der Waals surface area contributed by atoms with E-state index in [4.69, 9.17) is 0 Å². The van der Waals surface area contributed by atoms with E-state index in [1.807, 2.05) is 0 Å². The van der Waals surface area contributed by atoms with Gasteiger partial charge in [-0.2, -0.15) is 0 Å². The molecular formula is C13H26N2. The van der Waals surface area contributed by atoms with E-state index >= 15 is 0 Å². The van der Waals surface area contributed by atoms with E-state index < -0.39 is 0 Å². The van der Waals surface area contributed by atoms with Gasteiger partial charge in [-0.3, -0.25) is 0 Å². The van der Waals surface area contributed by atoms with Crippen LogP contribution < -0.4 is 5.32 Å². The highest BCUT2D eigenvalue weighted by atomic mass is 15.1. The molecule has 15 heavy (non-hydrogen) atoms. The normalized spacial score (nSPS) is 39.8. The molecule has 2 aliphatic rings. The molecule has 0 radical (unpaired) electrons. The van der Waals surface area contributed by atoms with Gasteiger partial charge in [0.2, 0.25) is 0 Å². The SMILES string of the molecule is CC1CCC(NC2CCN(C)CC2)C1C. The maximum absolute atomic E-state index is 3.89. The van der Waals surface area contributed by atoms with Gasteiger partial charge in [-0.05, 0) is 57.7 Å². The average molecular weight is 210 g/mol. The first-order chi connectivity index (χ1) is 7.16. The van der Waals surface area contributed by atoms with Crippen LogP contribution in [0.2, 0.25) is 0 Å². The highest BCUT2D eigenvalue weighted by molar-refractivity contribution is 4.88. The smallest absolute Gasteiger partial charge is 0.00979 e. The maximum Gasteiger partial charge on any atom is 0.00979 e. The number of hydrogen-bond donors (Lipinski definition) is 1. The topological polar surface area (TPSA) is 15.3 Å². The van der Waals surface area contributed by atoms with Crippen LogP contribution in [0.25, 0.3) is 0 Å². The molecule has 1 aliphatic heterocycles. The molecule has 0 aromatic rings. The van der Waals surface area contributed by atoms with Crippen LogP contribution in [0.15, 0.2) is 0 Å². The van der Waals surface area contributed by atoms with Gasteiger partial charge < -0.3 is 10.2 Å². The molecule has 0 amide bonds. The van der Waals surface area contributed by atoms with Gasteiger partial charge in [0.05, 0.1) is 0 Å². The van der Waals surface area contributed by atoms with Gasteiger partial charge in [-0.1, -0.05) is 13.8 Å². The molecule has 2 nitrogen and oxygen atoms in total. The van der Waals surface area contributed by atoms with Crippen LogP contribution in [0.4, 0.5) is 0 Å². The van der Waals surface area contributed by atoms with Gasteiger partial charge in [0.15, 0.2) is 0 Å². The minimum absolute atomic E-state index is 0.791. The minimum atomic E-state index is 0.791. The van der Waals surface area contributed by atoms with Crippen molar-refractivity contribution in [2.75, 3.05) is 20.1 Å². The summed E-state index contributed by atoms with van der Waals surface area (Å²) in [6.45, 7) is 7.37. The summed E-state index contributed by atoms with van der Waals surface area (Å²) in [5.41, 5.74) is 0. The number of nitrogens with one attached hydrogen (secondary N) is 1. The van der Waals surface area contributed by atoms with E-state index in [-0.39, 0.29) is 0 Å². The standard InChI is InChI=1S/C13H26N2/c1-10-4-5-13(11(10)2)14-12-6-8-15(3)9-7-12/h10-14H,4-9H2,1-3H3. The zero-order chi connectivity index (χ0) is 10.8. The van der Waals surface area contributed by atoms with Crippen molar-refractivity contribution in [3.05, 3.63) is 0 Å². The molecular weight excluding hydrogens is 184 g/mol. The average Bonchev–Trinajstić information content (AvgIpc) is 2.53. The predicted molar refractivity (Wildman–Crippen MR) is 65.0 cm³/mol. The summed E-state index contributed by atoms with van der Waals surface area (Å²) >= 11 is 0. The van der Waals surface area contributed by atoms with E-state index in [1.54, 1.807) is 0 Å². The van der Waals surface area contributed by atoms with E-state index in [2.05, 4.69) is 31.1 Å². The predicted octanol–water partition coefficient (Wildman–Crippen LogP) is 2.10. The van der Waals surface area contributed by atoms with Crippen molar-refractivity contribution >= 4 is 0 Å². The Bertz CT molecular complexity index is 197. The van der Waals surface area contributed by atoms with E-state index in [1.165, 1.54) is 38.8 Å². The summed E-state index contributed by atoms with van der Waals surface area (Å²) in [6, 6.07) is 1.59. The largest absolute Gasteiger partial charge is 0.311 e. The highest BCUT2D eigenvalue weighted by Crippen LogP contribution is 2.31. The summed E-state index contributed by atoms with van der Waals surface area (Å²) < 4.78 is 0. The van der Waals surface area contributed by atoms with Crippen LogP contribution in [-0.2, 0) is 0 Å². The second-order valence-corrected chi connectivity index (χ2v) is 5.76. The molecule has 1 N–H and O–H groups in total. The summed E-state index contributed by atoms with van der Waals surface area (Å²) in [6.07, 6.45) is 5.50. The van der Waals surface area contributed by atoms with Crippen molar-refractivity contribution in [3.63, 3.8) is 0 Å². The molecule has 1 saturated heterocycles. The number of piperidine rings is 1. The third-order valence-electron chi connectivity index (χ3n) is 4.63. The number of nitrogens with zero attached hydrogens (tertiary/aromatic N) is 1. The van der Waals surface area contributed by atoms with Crippen molar-refractivity contribution < 1.29 is 0 Å². The summed E-state index contributed by atoms with van der Waals surface area (Å²) in [7, 11) is 2.23. The Morgan fingerprint density at radius 1 is 1.00 bits per heavy atom. The molecule has 2 rings (SSSR count). The first-order valence-electron chi connectivity index (χ1n) is 6.61. The second-order valence-electron chi connectivity index (χ2n) is 5.76. The fraction of sp³-hybridized carbons (Fsp3) is 1.00. The number of likely N-dealkylation sites (tertiary alicyclic amines) is 1. The van der Waals surface area contributed by atoms with E-state index in [0.717, 1.165) is 23.9 Å². The van der Waals surface area contributed by atoms with Crippen LogP contribution in [0, 0.1) is 11.8 Å². The Morgan fingerprint density at radius 2 is 1.67 bits per heavy atom. The maximum atomic E-state index is 3.89. The molecule has 88 valence electrons. The van der Waals surface area contributed by atoms with E-state index in [0.29, 0.717) is 0 Å². The lowest BCUT2D eigenvalue weighted by Crippen LogP contribution is -2.46. The molecule has 0 aromatic carbocycles. The Balaban J connectivity index is 1.77. The molecule has 2 heteroatoms. The zero-order valence-corrected chi connectivity index (χ0v) is 10.5. The van der Waals surface area contributed by atoms with Crippen molar-refractivity contribution in [3.8, 4) is 0 Å². The van der Waals surface area contributed by atoms with Crippen LogP contribution in [-0.4, -0.2) is 37.1 Å². The lowest BCUT2D eigenvalue weighted by molar-refractivity contribution is 0.214. The van der Waals surface area contributed by atoms with Gasteiger partial charge in [0.1, 0.15) is 0 Å². The molecule has 0 spiro atoms. The van der Waals surface area contributed by atoms with Crippen LogP contribution >= 0.6 is 0 Å². The first kappa shape index (κ1) is 11.4. The van der Waals surface area contributed by atoms with Crippen molar-refractivity contribution in [2.45, 2.75) is 51.6 Å². The lowest BCUT2D eigenvalue weighted by Gasteiger charge is -2.33. The lowest BCUT2D eigenvalue weighted by atomic mass is 9.96. The van der Waals surface area contributed by atoms with Gasteiger partial charge in [-0.15, -0.1) is 0 Å². The molecule has 1 saturated carbocycles. The number of rotatable bonds is 2. The Morgan fingerprint density at radius 3 is 2.20 bits per heavy atom. The zero-order valence-electron chi connectivity index (χ0n) is 10.5. The molecule has 3 atom stereocenters. The number of hydrogen-bond acceptors (Lipinski definition) is 2. The fourth-order valence-corrected chi connectivity index (χ4v) is 3.08. The first-order valence-corrected chi connectivity index (χ1v) is 6.61. The Kier molecular flexibility index (Phi) is 3.68. The van der Waals surface area contributed by atoms with Crippen molar-refractivity contribution in [1.82, 2.24) is 10.2 Å². The molecule has 0 bridgehead atoms. The van der Waals surface area contributed by atoms with E-state index in [9.17, 15) is 0 Å². The quantitative estimate of drug-likeness (QED) is 0.751. The Labute approximate surface area is 94.4 Å². The van der Waals surface area contributed by atoms with Crippen LogP contribution in [0.5, 0.6) is 0 Å². The molecule has 3 unspecified atom stereocenters. The van der Waals surface area contributed by atoms with Gasteiger partial charge in [0.25, 0.3) is 0 Å². The third kappa shape index (κ3) is 2.73. The van der Waals surface area contributed by atoms with Gasteiger partial charge >= 0.3 is 0 Å². The monoisotopic (exact) mass is 210 g/mol. The van der Waals surface area contributed by atoms with Gasteiger partial charge in [-0.25, -0.2) is 0 Å². The fourth-order valence-electron chi connectivity index (χ4n) is 3.08. The molecule has 2 fully saturated rings. The minimum Gasteiger partial charge on any atom is -0.311 e. The van der Waals surface area contributed by atoms with Crippen molar-refractivity contribution in [2.24, 2.45) is 11.8 Å².